The maximum atomic E-state index is 12.0. The molecule has 0 bridgehead atoms. The SMILES string of the molecule is CC(=O)c1ccc(NC(=O)CCCC(=O)OCC(=O)Nc2cc(C)c(Br)c(C)c2)cc1. The standard InChI is InChI=1S/C23H25BrN2O5/c1-14-11-19(12-15(2)23(14)24)26-21(29)13-31-22(30)6-4-5-20(28)25-18-9-7-17(8-10-18)16(3)27/h7-12H,4-6,13H2,1-3H3,(H,25,28)(H,26,29). The lowest BCUT2D eigenvalue weighted by Gasteiger charge is -2.10. The number of hydrogen-bond acceptors (Lipinski definition) is 5. The van der Waals surface area contributed by atoms with Crippen molar-refractivity contribution < 1.29 is 23.9 Å². The van der Waals surface area contributed by atoms with Crippen molar-refractivity contribution in [1.29, 1.82) is 0 Å². The lowest BCUT2D eigenvalue weighted by molar-refractivity contribution is -0.147. The number of aryl methyl sites for hydroxylation is 2. The topological polar surface area (TPSA) is 102 Å². The molecule has 8 heteroatoms. The molecule has 0 aliphatic rings. The maximum absolute atomic E-state index is 12.0. The number of ether oxygens (including phenoxy) is 1. The number of esters is 1. The van der Waals surface area contributed by atoms with E-state index in [9.17, 15) is 19.2 Å². The Bertz CT molecular complexity index is 963. The van der Waals surface area contributed by atoms with E-state index in [1.807, 2.05) is 26.0 Å². The summed E-state index contributed by atoms with van der Waals surface area (Å²) >= 11 is 3.47. The highest BCUT2D eigenvalue weighted by Gasteiger charge is 2.11. The van der Waals surface area contributed by atoms with E-state index in [0.717, 1.165) is 15.6 Å². The van der Waals surface area contributed by atoms with E-state index in [-0.39, 0.29) is 31.1 Å². The fourth-order valence-electron chi connectivity index (χ4n) is 2.84. The molecule has 0 heterocycles. The molecule has 0 aromatic heterocycles. The fraction of sp³-hybridized carbons (Fsp3) is 0.304. The van der Waals surface area contributed by atoms with Crippen LogP contribution in [0.15, 0.2) is 40.9 Å². The van der Waals surface area contributed by atoms with E-state index in [0.29, 0.717) is 23.4 Å². The third kappa shape index (κ3) is 7.97. The van der Waals surface area contributed by atoms with Gasteiger partial charge in [0.2, 0.25) is 5.91 Å². The molecular formula is C23H25BrN2O5. The van der Waals surface area contributed by atoms with E-state index in [1.54, 1.807) is 24.3 Å². The number of Topliss-reactive ketones (excluding diaryl/α,β-unsaturated/α-hetero) is 1. The van der Waals surface area contributed by atoms with Gasteiger partial charge in [-0.05, 0) is 74.7 Å². The quantitative estimate of drug-likeness (QED) is 0.397. The minimum Gasteiger partial charge on any atom is -0.456 e. The summed E-state index contributed by atoms with van der Waals surface area (Å²) in [5.74, 6) is -1.27. The molecule has 0 atom stereocenters. The lowest BCUT2D eigenvalue weighted by Crippen LogP contribution is -2.21. The Morgan fingerprint density at radius 1 is 0.871 bits per heavy atom. The van der Waals surface area contributed by atoms with Crippen LogP contribution in [-0.2, 0) is 19.1 Å². The molecule has 0 aliphatic carbocycles. The van der Waals surface area contributed by atoms with Crippen molar-refractivity contribution in [2.24, 2.45) is 0 Å². The first kappa shape index (κ1) is 24.3. The highest BCUT2D eigenvalue weighted by Crippen LogP contribution is 2.24. The number of carbonyl (C=O) groups is 4. The molecular weight excluding hydrogens is 464 g/mol. The molecule has 2 rings (SSSR count). The van der Waals surface area contributed by atoms with Crippen LogP contribution in [-0.4, -0.2) is 30.2 Å². The molecule has 0 fully saturated rings. The first-order valence-corrected chi connectivity index (χ1v) is 10.6. The van der Waals surface area contributed by atoms with Gasteiger partial charge < -0.3 is 15.4 Å². The van der Waals surface area contributed by atoms with Crippen molar-refractivity contribution >= 4 is 50.9 Å². The van der Waals surface area contributed by atoms with Crippen LogP contribution in [0.4, 0.5) is 11.4 Å². The van der Waals surface area contributed by atoms with E-state index in [1.165, 1.54) is 6.92 Å². The van der Waals surface area contributed by atoms with Gasteiger partial charge in [0.25, 0.3) is 5.91 Å². The smallest absolute Gasteiger partial charge is 0.306 e. The Kier molecular flexibility index (Phi) is 8.93. The Balaban J connectivity index is 1.67. The number of ketones is 1. The highest BCUT2D eigenvalue weighted by molar-refractivity contribution is 9.10. The van der Waals surface area contributed by atoms with Crippen molar-refractivity contribution in [1.82, 2.24) is 0 Å². The monoisotopic (exact) mass is 488 g/mol. The van der Waals surface area contributed by atoms with E-state index in [4.69, 9.17) is 4.74 Å². The minimum absolute atomic E-state index is 0.0282. The average molecular weight is 489 g/mol. The number of rotatable bonds is 9. The van der Waals surface area contributed by atoms with Gasteiger partial charge in [-0.2, -0.15) is 0 Å². The summed E-state index contributed by atoms with van der Waals surface area (Å²) in [6.07, 6.45) is 0.455. The molecule has 2 N–H and O–H groups in total. The zero-order valence-corrected chi connectivity index (χ0v) is 19.3. The van der Waals surface area contributed by atoms with Gasteiger partial charge in [-0.3, -0.25) is 19.2 Å². The molecule has 0 radical (unpaired) electrons. The summed E-state index contributed by atoms with van der Waals surface area (Å²) in [4.78, 5) is 47.0. The molecule has 2 aromatic carbocycles. The minimum atomic E-state index is -0.545. The van der Waals surface area contributed by atoms with Gasteiger partial charge in [-0.25, -0.2) is 0 Å². The van der Waals surface area contributed by atoms with Crippen LogP contribution in [0.5, 0.6) is 0 Å². The Labute approximate surface area is 189 Å². The zero-order chi connectivity index (χ0) is 23.0. The summed E-state index contributed by atoms with van der Waals surface area (Å²) in [5, 5.41) is 5.40. The number of anilines is 2. The summed E-state index contributed by atoms with van der Waals surface area (Å²) in [6, 6.07) is 10.2. The molecule has 7 nitrogen and oxygen atoms in total. The summed E-state index contributed by atoms with van der Waals surface area (Å²) in [5.41, 5.74) is 3.75. The molecule has 0 saturated heterocycles. The van der Waals surface area contributed by atoms with Crippen molar-refractivity contribution in [2.75, 3.05) is 17.2 Å². The van der Waals surface area contributed by atoms with E-state index >= 15 is 0 Å². The molecule has 0 unspecified atom stereocenters. The summed E-state index contributed by atoms with van der Waals surface area (Å²) in [7, 11) is 0. The fourth-order valence-corrected chi connectivity index (χ4v) is 3.07. The van der Waals surface area contributed by atoms with Crippen LogP contribution in [0, 0.1) is 13.8 Å². The largest absolute Gasteiger partial charge is 0.456 e. The Hall–Kier alpha value is -3.00. The maximum Gasteiger partial charge on any atom is 0.306 e. The van der Waals surface area contributed by atoms with Gasteiger partial charge >= 0.3 is 5.97 Å². The number of benzene rings is 2. The van der Waals surface area contributed by atoms with Gasteiger partial charge in [0, 0.05) is 34.3 Å². The number of amides is 2. The van der Waals surface area contributed by atoms with Crippen molar-refractivity contribution in [2.45, 2.75) is 40.0 Å². The lowest BCUT2D eigenvalue weighted by atomic mass is 10.1. The molecule has 0 spiro atoms. The average Bonchev–Trinajstić information content (AvgIpc) is 2.71. The summed E-state index contributed by atoms with van der Waals surface area (Å²) in [6.45, 7) is 4.93. The first-order chi connectivity index (χ1) is 14.7. The number of carbonyl (C=O) groups excluding carboxylic acids is 4. The normalized spacial score (nSPS) is 10.3. The van der Waals surface area contributed by atoms with Gasteiger partial charge in [0.15, 0.2) is 12.4 Å². The molecule has 0 aliphatic heterocycles. The number of nitrogens with one attached hydrogen (secondary N) is 2. The predicted molar refractivity (Wildman–Crippen MR) is 122 cm³/mol. The molecule has 31 heavy (non-hydrogen) atoms. The Morgan fingerprint density at radius 3 is 2.03 bits per heavy atom. The van der Waals surface area contributed by atoms with Crippen LogP contribution in [0.25, 0.3) is 0 Å². The third-order valence-electron chi connectivity index (χ3n) is 4.44. The number of hydrogen-bond donors (Lipinski definition) is 2. The molecule has 2 amide bonds. The van der Waals surface area contributed by atoms with Gasteiger partial charge in [-0.1, -0.05) is 15.9 Å². The van der Waals surface area contributed by atoms with Gasteiger partial charge in [0.05, 0.1) is 0 Å². The van der Waals surface area contributed by atoms with Crippen LogP contribution in [0.3, 0.4) is 0 Å². The molecule has 0 saturated carbocycles. The van der Waals surface area contributed by atoms with Crippen LogP contribution in [0.2, 0.25) is 0 Å². The van der Waals surface area contributed by atoms with Crippen LogP contribution < -0.4 is 10.6 Å². The Morgan fingerprint density at radius 2 is 1.45 bits per heavy atom. The third-order valence-corrected chi connectivity index (χ3v) is 5.70. The summed E-state index contributed by atoms with van der Waals surface area (Å²) < 4.78 is 5.95. The second-order valence-electron chi connectivity index (χ2n) is 7.17. The first-order valence-electron chi connectivity index (χ1n) is 9.79. The van der Waals surface area contributed by atoms with Crippen LogP contribution in [0.1, 0.15) is 47.7 Å². The van der Waals surface area contributed by atoms with Crippen molar-refractivity contribution in [3.05, 3.63) is 57.6 Å². The second kappa shape index (κ2) is 11.4. The van der Waals surface area contributed by atoms with Crippen molar-refractivity contribution in [3.63, 3.8) is 0 Å². The van der Waals surface area contributed by atoms with Gasteiger partial charge in [-0.15, -0.1) is 0 Å². The van der Waals surface area contributed by atoms with Crippen LogP contribution >= 0.6 is 15.9 Å². The molecule has 164 valence electrons. The number of halogens is 1. The van der Waals surface area contributed by atoms with Crippen molar-refractivity contribution in [3.8, 4) is 0 Å². The zero-order valence-electron chi connectivity index (χ0n) is 17.7. The van der Waals surface area contributed by atoms with Gasteiger partial charge in [0.1, 0.15) is 0 Å². The van der Waals surface area contributed by atoms with E-state index in [2.05, 4.69) is 26.6 Å². The predicted octanol–water partition coefficient (Wildman–Crippen LogP) is 4.56. The molecule has 2 aromatic rings. The van der Waals surface area contributed by atoms with E-state index < -0.39 is 11.9 Å². The highest BCUT2D eigenvalue weighted by atomic mass is 79.9. The second-order valence-corrected chi connectivity index (χ2v) is 7.96.